The average molecular weight is 400 g/mol. The molecule has 1 N–H and O–H groups in total. The van der Waals surface area contributed by atoms with Crippen LogP contribution in [0.15, 0.2) is 35.6 Å². The average Bonchev–Trinajstić information content (AvgIpc) is 3.12. The second-order valence-electron chi connectivity index (χ2n) is 6.88. The third kappa shape index (κ3) is 4.30. The number of fused-ring (bicyclic) bond motifs is 1. The predicted octanol–water partition coefficient (Wildman–Crippen LogP) is 2.95. The highest BCUT2D eigenvalue weighted by Gasteiger charge is 2.18. The van der Waals surface area contributed by atoms with E-state index in [0.717, 1.165) is 12.8 Å². The van der Waals surface area contributed by atoms with Crippen molar-refractivity contribution in [3.63, 3.8) is 0 Å². The molecule has 1 aliphatic rings. The van der Waals surface area contributed by atoms with Crippen LogP contribution in [0.3, 0.4) is 0 Å². The molecule has 0 atom stereocenters. The first-order valence-electron chi connectivity index (χ1n) is 9.40. The lowest BCUT2D eigenvalue weighted by molar-refractivity contribution is -0.119. The maximum atomic E-state index is 13.9. The van der Waals surface area contributed by atoms with Gasteiger partial charge in [-0.1, -0.05) is 54.4 Å². The van der Waals surface area contributed by atoms with Gasteiger partial charge in [0, 0.05) is 11.6 Å². The van der Waals surface area contributed by atoms with E-state index in [1.807, 2.05) is 0 Å². The topological polar surface area (TPSA) is 85.6 Å². The highest BCUT2D eigenvalue weighted by atomic mass is 32.2. The fourth-order valence-electron chi connectivity index (χ4n) is 3.42. The number of thioether (sulfide) groups is 1. The van der Waals surface area contributed by atoms with Crippen LogP contribution in [0.25, 0.3) is 11.2 Å². The molecule has 0 unspecified atom stereocenters. The molecule has 4 rings (SSSR count). The zero-order chi connectivity index (χ0) is 19.3. The Labute approximate surface area is 166 Å². The molecule has 0 spiro atoms. The van der Waals surface area contributed by atoms with E-state index in [4.69, 9.17) is 0 Å². The van der Waals surface area contributed by atoms with Crippen LogP contribution in [0.1, 0.15) is 37.7 Å². The van der Waals surface area contributed by atoms with Gasteiger partial charge in [0.15, 0.2) is 11.2 Å². The zero-order valence-electron chi connectivity index (χ0n) is 15.3. The molecule has 3 aromatic rings. The van der Waals surface area contributed by atoms with Crippen LogP contribution in [-0.4, -0.2) is 42.7 Å². The Bertz CT molecular complexity index is 972. The Morgan fingerprint density at radius 3 is 2.86 bits per heavy atom. The molecule has 2 aromatic heterocycles. The smallest absolute Gasteiger partial charge is 0.230 e. The summed E-state index contributed by atoms with van der Waals surface area (Å²) < 4.78 is 15.5. The summed E-state index contributed by atoms with van der Waals surface area (Å²) in [5.41, 5.74) is 1.55. The molecule has 28 heavy (non-hydrogen) atoms. The van der Waals surface area contributed by atoms with Gasteiger partial charge in [-0.15, -0.1) is 5.10 Å². The van der Waals surface area contributed by atoms with Gasteiger partial charge >= 0.3 is 0 Å². The number of carbonyl (C=O) groups excluding carboxylic acids is 1. The molecular formula is C19H21FN6OS. The van der Waals surface area contributed by atoms with Crippen LogP contribution in [-0.2, 0) is 11.3 Å². The molecule has 1 saturated carbocycles. The summed E-state index contributed by atoms with van der Waals surface area (Å²) in [5, 5.41) is 11.9. The summed E-state index contributed by atoms with van der Waals surface area (Å²) >= 11 is 1.32. The molecule has 9 heteroatoms. The molecule has 1 aromatic carbocycles. The fourth-order valence-corrected chi connectivity index (χ4v) is 4.16. The molecular weight excluding hydrogens is 379 g/mol. The van der Waals surface area contributed by atoms with E-state index in [-0.39, 0.29) is 30.1 Å². The number of hydrogen-bond acceptors (Lipinski definition) is 6. The van der Waals surface area contributed by atoms with Crippen molar-refractivity contribution in [2.24, 2.45) is 0 Å². The molecule has 7 nitrogen and oxygen atoms in total. The van der Waals surface area contributed by atoms with Gasteiger partial charge in [-0.05, 0) is 18.9 Å². The number of amides is 1. The van der Waals surface area contributed by atoms with E-state index >= 15 is 0 Å². The third-order valence-electron chi connectivity index (χ3n) is 4.85. The number of benzene rings is 1. The normalized spacial score (nSPS) is 15.0. The van der Waals surface area contributed by atoms with E-state index in [2.05, 4.69) is 25.6 Å². The molecule has 1 aliphatic carbocycles. The molecule has 0 bridgehead atoms. The Balaban J connectivity index is 1.44. The van der Waals surface area contributed by atoms with Gasteiger partial charge in [-0.25, -0.2) is 19.0 Å². The minimum atomic E-state index is -0.297. The molecule has 1 amide bonds. The monoisotopic (exact) mass is 400 g/mol. The maximum Gasteiger partial charge on any atom is 0.230 e. The summed E-state index contributed by atoms with van der Waals surface area (Å²) in [5.74, 6) is -0.0282. The molecule has 0 radical (unpaired) electrons. The number of nitrogens with zero attached hydrogens (tertiary/aromatic N) is 5. The molecule has 2 heterocycles. The Morgan fingerprint density at radius 2 is 2.04 bits per heavy atom. The first-order valence-corrected chi connectivity index (χ1v) is 10.4. The van der Waals surface area contributed by atoms with Gasteiger partial charge in [0.2, 0.25) is 5.91 Å². The molecule has 0 aliphatic heterocycles. The van der Waals surface area contributed by atoms with Crippen LogP contribution in [0.2, 0.25) is 0 Å². The van der Waals surface area contributed by atoms with Gasteiger partial charge in [0.05, 0.1) is 12.3 Å². The summed E-state index contributed by atoms with van der Waals surface area (Å²) in [6.45, 7) is 0.229. The van der Waals surface area contributed by atoms with Crippen molar-refractivity contribution in [2.75, 3.05) is 5.75 Å². The highest BCUT2D eigenvalue weighted by Crippen LogP contribution is 2.23. The van der Waals surface area contributed by atoms with Crippen molar-refractivity contribution < 1.29 is 9.18 Å². The minimum Gasteiger partial charge on any atom is -0.353 e. The highest BCUT2D eigenvalue weighted by molar-refractivity contribution is 8.00. The van der Waals surface area contributed by atoms with Gasteiger partial charge in [0.1, 0.15) is 17.2 Å². The van der Waals surface area contributed by atoms with Crippen LogP contribution >= 0.6 is 11.8 Å². The molecule has 0 saturated heterocycles. The number of carbonyl (C=O) groups is 1. The summed E-state index contributed by atoms with van der Waals surface area (Å²) in [6, 6.07) is 6.82. The van der Waals surface area contributed by atoms with Crippen molar-refractivity contribution in [1.29, 1.82) is 0 Å². The van der Waals surface area contributed by atoms with Crippen LogP contribution in [0, 0.1) is 5.82 Å². The zero-order valence-corrected chi connectivity index (χ0v) is 16.2. The van der Waals surface area contributed by atoms with Gasteiger partial charge in [-0.2, -0.15) is 0 Å². The molecule has 146 valence electrons. The fraction of sp³-hybridized carbons (Fsp3) is 0.421. The van der Waals surface area contributed by atoms with Crippen molar-refractivity contribution in [3.05, 3.63) is 42.0 Å². The van der Waals surface area contributed by atoms with Gasteiger partial charge in [-0.3, -0.25) is 4.79 Å². The lowest BCUT2D eigenvalue weighted by Crippen LogP contribution is -2.37. The number of aromatic nitrogens is 5. The number of halogens is 1. The maximum absolute atomic E-state index is 13.9. The van der Waals surface area contributed by atoms with E-state index in [9.17, 15) is 9.18 Å². The van der Waals surface area contributed by atoms with Gasteiger partial charge in [0.25, 0.3) is 0 Å². The standard InChI is InChI=1S/C19H21FN6OS/c20-15-9-5-4-6-13(15)10-26-18-17(24-25-26)19(22-12-21-18)28-11-16(27)23-14-7-2-1-3-8-14/h4-6,9,12,14H,1-3,7-8,10-11H2,(H,23,27). The summed E-state index contributed by atoms with van der Waals surface area (Å²) in [6.07, 6.45) is 7.13. The van der Waals surface area contributed by atoms with E-state index in [1.54, 1.807) is 22.9 Å². The number of nitrogens with one attached hydrogen (secondary N) is 1. The first-order chi connectivity index (χ1) is 13.7. The summed E-state index contributed by atoms with van der Waals surface area (Å²) in [7, 11) is 0. The second-order valence-corrected chi connectivity index (χ2v) is 7.84. The van der Waals surface area contributed by atoms with E-state index in [0.29, 0.717) is 21.8 Å². The largest absolute Gasteiger partial charge is 0.353 e. The lowest BCUT2D eigenvalue weighted by Gasteiger charge is -2.22. The van der Waals surface area contributed by atoms with Crippen molar-refractivity contribution in [1.82, 2.24) is 30.3 Å². The van der Waals surface area contributed by atoms with Crippen molar-refractivity contribution >= 4 is 28.8 Å². The minimum absolute atomic E-state index is 0.00223. The first kappa shape index (κ1) is 18.8. The number of rotatable bonds is 6. The van der Waals surface area contributed by atoms with Crippen LogP contribution < -0.4 is 5.32 Å². The summed E-state index contributed by atoms with van der Waals surface area (Å²) in [4.78, 5) is 20.7. The van der Waals surface area contributed by atoms with E-state index < -0.39 is 0 Å². The van der Waals surface area contributed by atoms with Crippen LogP contribution in [0.5, 0.6) is 0 Å². The SMILES string of the molecule is O=C(CSc1ncnc2c1nnn2Cc1ccccc1F)NC1CCCCC1. The third-order valence-corrected chi connectivity index (χ3v) is 5.83. The predicted molar refractivity (Wildman–Crippen MR) is 104 cm³/mol. The van der Waals surface area contributed by atoms with Crippen LogP contribution in [0.4, 0.5) is 4.39 Å². The van der Waals surface area contributed by atoms with Crippen molar-refractivity contribution in [3.8, 4) is 0 Å². The Hall–Kier alpha value is -2.55. The Kier molecular flexibility index (Phi) is 5.80. The van der Waals surface area contributed by atoms with E-state index in [1.165, 1.54) is 43.4 Å². The number of hydrogen-bond donors (Lipinski definition) is 1. The Morgan fingerprint density at radius 1 is 1.21 bits per heavy atom. The lowest BCUT2D eigenvalue weighted by atomic mass is 9.95. The van der Waals surface area contributed by atoms with Gasteiger partial charge < -0.3 is 5.32 Å². The molecule has 1 fully saturated rings. The quantitative estimate of drug-likeness (QED) is 0.506. The van der Waals surface area contributed by atoms with Crippen molar-refractivity contribution in [2.45, 2.75) is 49.7 Å². The second kappa shape index (κ2) is 8.64.